The molecule has 4 nitrogen and oxygen atoms in total. The molecule has 1 aliphatic heterocycles. The van der Waals surface area contributed by atoms with Crippen molar-refractivity contribution in [2.75, 3.05) is 26.4 Å². The molecule has 1 fully saturated rings. The maximum Gasteiger partial charge on any atom is 0.0898 e. The van der Waals surface area contributed by atoms with Gasteiger partial charge in [0, 0.05) is 13.2 Å². The zero-order valence-corrected chi connectivity index (χ0v) is 10.5. The van der Waals surface area contributed by atoms with Crippen LogP contribution in [0.25, 0.3) is 0 Å². The first-order chi connectivity index (χ1) is 8.26. The molecule has 0 aliphatic carbocycles. The van der Waals surface area contributed by atoms with Crippen LogP contribution in [0.4, 0.5) is 0 Å². The summed E-state index contributed by atoms with van der Waals surface area (Å²) in [4.78, 5) is 0. The molecule has 1 rings (SSSR count). The van der Waals surface area contributed by atoms with E-state index in [9.17, 15) is 5.11 Å². The monoisotopic (exact) mass is 241 g/mol. The van der Waals surface area contributed by atoms with E-state index < -0.39 is 6.10 Å². The Bertz CT molecular complexity index is 233. The average molecular weight is 241 g/mol. The summed E-state index contributed by atoms with van der Waals surface area (Å²) in [6.07, 6.45) is 8.04. The molecule has 1 heterocycles. The Kier molecular flexibility index (Phi) is 7.22. The van der Waals surface area contributed by atoms with E-state index in [0.717, 1.165) is 25.9 Å². The summed E-state index contributed by atoms with van der Waals surface area (Å²) in [5.41, 5.74) is 0. The van der Waals surface area contributed by atoms with Gasteiger partial charge in [0.05, 0.1) is 31.5 Å². The van der Waals surface area contributed by atoms with Crippen molar-refractivity contribution in [1.29, 1.82) is 0 Å². The highest BCUT2D eigenvalue weighted by Gasteiger charge is 2.16. The lowest BCUT2D eigenvalue weighted by atomic mass is 10.2. The first kappa shape index (κ1) is 14.5. The molecule has 98 valence electrons. The van der Waals surface area contributed by atoms with Gasteiger partial charge in [0.15, 0.2) is 0 Å². The van der Waals surface area contributed by atoms with E-state index in [0.29, 0.717) is 19.8 Å². The van der Waals surface area contributed by atoms with Crippen molar-refractivity contribution < 1.29 is 14.6 Å². The van der Waals surface area contributed by atoms with Gasteiger partial charge in [-0.25, -0.2) is 0 Å². The fourth-order valence-electron chi connectivity index (χ4n) is 1.77. The van der Waals surface area contributed by atoms with Gasteiger partial charge in [-0.05, 0) is 19.3 Å². The molecule has 1 aliphatic rings. The molecule has 0 amide bonds. The predicted octanol–water partition coefficient (Wildman–Crippen LogP) is 0.544. The molecule has 3 atom stereocenters. The van der Waals surface area contributed by atoms with E-state index in [4.69, 9.17) is 15.9 Å². The molecule has 1 saturated heterocycles. The first-order valence-electron chi connectivity index (χ1n) is 6.33. The molecule has 4 heteroatoms. The van der Waals surface area contributed by atoms with Crippen LogP contribution in [0.15, 0.2) is 0 Å². The third kappa shape index (κ3) is 6.04. The number of aliphatic hydroxyl groups excluding tert-OH is 1. The highest BCUT2D eigenvalue weighted by molar-refractivity contribution is 4.97. The van der Waals surface area contributed by atoms with Gasteiger partial charge in [0.1, 0.15) is 0 Å². The molecule has 17 heavy (non-hydrogen) atoms. The van der Waals surface area contributed by atoms with Gasteiger partial charge in [-0.15, -0.1) is 6.42 Å². The molecule has 3 unspecified atom stereocenters. The van der Waals surface area contributed by atoms with E-state index in [2.05, 4.69) is 11.2 Å². The maximum atomic E-state index is 9.67. The number of hydrogen-bond donors (Lipinski definition) is 2. The number of terminal acetylenes is 1. The molecule has 0 spiro atoms. The molecule has 0 radical (unpaired) electrons. The van der Waals surface area contributed by atoms with Gasteiger partial charge in [0.2, 0.25) is 0 Å². The molecular weight excluding hydrogens is 218 g/mol. The SMILES string of the molecule is C#CC(CC)NCC(O)COCC1CCCO1. The summed E-state index contributed by atoms with van der Waals surface area (Å²) >= 11 is 0. The van der Waals surface area contributed by atoms with Crippen molar-refractivity contribution in [1.82, 2.24) is 5.32 Å². The fourth-order valence-corrected chi connectivity index (χ4v) is 1.77. The standard InChI is InChI=1S/C13H23NO3/c1-3-11(4-2)14-8-12(15)9-16-10-13-6-5-7-17-13/h1,11-15H,4-10H2,2H3. The van der Waals surface area contributed by atoms with Crippen LogP contribution >= 0.6 is 0 Å². The second kappa shape index (κ2) is 8.48. The van der Waals surface area contributed by atoms with Gasteiger partial charge >= 0.3 is 0 Å². The van der Waals surface area contributed by atoms with Gasteiger partial charge in [0.25, 0.3) is 0 Å². The topological polar surface area (TPSA) is 50.7 Å². The van der Waals surface area contributed by atoms with Crippen molar-refractivity contribution in [2.24, 2.45) is 0 Å². The van der Waals surface area contributed by atoms with Crippen LogP contribution in [0.5, 0.6) is 0 Å². The summed E-state index contributed by atoms with van der Waals surface area (Å²) in [7, 11) is 0. The lowest BCUT2D eigenvalue weighted by Gasteiger charge is -2.16. The second-order valence-electron chi connectivity index (χ2n) is 4.36. The van der Waals surface area contributed by atoms with E-state index in [1.54, 1.807) is 0 Å². The number of hydrogen-bond acceptors (Lipinski definition) is 4. The lowest BCUT2D eigenvalue weighted by molar-refractivity contribution is -0.0166. The Morgan fingerprint density at radius 3 is 3.06 bits per heavy atom. The van der Waals surface area contributed by atoms with Gasteiger partial charge in [-0.2, -0.15) is 0 Å². The minimum Gasteiger partial charge on any atom is -0.389 e. The van der Waals surface area contributed by atoms with Crippen LogP contribution in [0.2, 0.25) is 0 Å². The summed E-state index contributed by atoms with van der Waals surface area (Å²) < 4.78 is 10.8. The molecule has 0 aromatic heterocycles. The molecule has 0 bridgehead atoms. The minimum absolute atomic E-state index is 0.0304. The van der Waals surface area contributed by atoms with E-state index in [1.165, 1.54) is 0 Å². The number of rotatable bonds is 8. The zero-order chi connectivity index (χ0) is 12.5. The summed E-state index contributed by atoms with van der Waals surface area (Å²) in [6.45, 7) is 4.21. The van der Waals surface area contributed by atoms with Crippen molar-refractivity contribution >= 4 is 0 Å². The Morgan fingerprint density at radius 1 is 1.65 bits per heavy atom. The van der Waals surface area contributed by atoms with Crippen LogP contribution < -0.4 is 5.32 Å². The normalized spacial score (nSPS) is 23.2. The van der Waals surface area contributed by atoms with Crippen LogP contribution in [0.3, 0.4) is 0 Å². The molecule has 0 aromatic carbocycles. The summed E-state index contributed by atoms with van der Waals surface area (Å²) in [5, 5.41) is 12.8. The van der Waals surface area contributed by atoms with Crippen LogP contribution in [0.1, 0.15) is 26.2 Å². The Hall–Kier alpha value is -0.600. The van der Waals surface area contributed by atoms with Gasteiger partial charge in [-0.1, -0.05) is 12.8 Å². The summed E-state index contributed by atoms with van der Waals surface area (Å²) in [5.74, 6) is 2.62. The van der Waals surface area contributed by atoms with E-state index in [-0.39, 0.29) is 12.1 Å². The molecule has 0 saturated carbocycles. The zero-order valence-electron chi connectivity index (χ0n) is 10.5. The predicted molar refractivity (Wildman–Crippen MR) is 66.7 cm³/mol. The van der Waals surface area contributed by atoms with Crippen molar-refractivity contribution in [3.8, 4) is 12.3 Å². The van der Waals surface area contributed by atoms with Gasteiger partial charge in [-0.3, -0.25) is 0 Å². The first-order valence-corrected chi connectivity index (χ1v) is 6.33. The van der Waals surface area contributed by atoms with Crippen molar-refractivity contribution in [3.63, 3.8) is 0 Å². The average Bonchev–Trinajstić information content (AvgIpc) is 2.83. The Balaban J connectivity index is 2.00. The van der Waals surface area contributed by atoms with Crippen molar-refractivity contribution in [3.05, 3.63) is 0 Å². The summed E-state index contributed by atoms with van der Waals surface area (Å²) in [6, 6.07) is 0.0304. The van der Waals surface area contributed by atoms with E-state index >= 15 is 0 Å². The van der Waals surface area contributed by atoms with E-state index in [1.807, 2.05) is 6.92 Å². The van der Waals surface area contributed by atoms with Gasteiger partial charge < -0.3 is 19.9 Å². The molecule has 0 aromatic rings. The molecular formula is C13H23NO3. The minimum atomic E-state index is -0.515. The number of aliphatic hydroxyl groups is 1. The quantitative estimate of drug-likeness (QED) is 0.609. The Morgan fingerprint density at radius 2 is 2.47 bits per heavy atom. The third-order valence-electron chi connectivity index (χ3n) is 2.85. The van der Waals surface area contributed by atoms with Crippen LogP contribution in [-0.2, 0) is 9.47 Å². The molecule has 2 N–H and O–H groups in total. The second-order valence-corrected chi connectivity index (χ2v) is 4.36. The van der Waals surface area contributed by atoms with Crippen molar-refractivity contribution in [2.45, 2.75) is 44.4 Å². The fraction of sp³-hybridized carbons (Fsp3) is 0.846. The number of ether oxygens (including phenoxy) is 2. The highest BCUT2D eigenvalue weighted by Crippen LogP contribution is 2.11. The third-order valence-corrected chi connectivity index (χ3v) is 2.85. The largest absolute Gasteiger partial charge is 0.389 e. The number of nitrogens with one attached hydrogen (secondary N) is 1. The lowest BCUT2D eigenvalue weighted by Crippen LogP contribution is -2.36. The Labute approximate surface area is 104 Å². The highest BCUT2D eigenvalue weighted by atomic mass is 16.5. The van der Waals surface area contributed by atoms with Crippen LogP contribution in [0, 0.1) is 12.3 Å². The maximum absolute atomic E-state index is 9.67. The smallest absolute Gasteiger partial charge is 0.0898 e. The van der Waals surface area contributed by atoms with Crippen LogP contribution in [-0.4, -0.2) is 49.7 Å².